The first-order valence-electron chi connectivity index (χ1n) is 8.05. The van der Waals surface area contributed by atoms with E-state index in [-0.39, 0.29) is 17.5 Å². The number of hydrogen-bond acceptors (Lipinski definition) is 5. The van der Waals surface area contributed by atoms with Crippen LogP contribution in [0.2, 0.25) is 0 Å². The van der Waals surface area contributed by atoms with Gasteiger partial charge in [0, 0.05) is 11.6 Å². The van der Waals surface area contributed by atoms with Crippen LogP contribution in [0.15, 0.2) is 40.8 Å². The number of hydrogen-bond donors (Lipinski definition) is 0. The van der Waals surface area contributed by atoms with Gasteiger partial charge < -0.3 is 4.42 Å². The summed E-state index contributed by atoms with van der Waals surface area (Å²) in [6.45, 7) is 3.37. The third-order valence-electron chi connectivity index (χ3n) is 4.46. The summed E-state index contributed by atoms with van der Waals surface area (Å²) in [4.78, 5) is 2.14. The van der Waals surface area contributed by atoms with Crippen molar-refractivity contribution in [2.45, 2.75) is 25.9 Å². The van der Waals surface area contributed by atoms with Crippen molar-refractivity contribution in [1.82, 2.24) is 4.90 Å². The van der Waals surface area contributed by atoms with Gasteiger partial charge in [0.25, 0.3) is 0 Å². The Balaban J connectivity index is 1.77. The molecule has 1 aromatic carbocycles. The highest BCUT2D eigenvalue weighted by Gasteiger charge is 2.31. The number of furan rings is 1. The quantitative estimate of drug-likeness (QED) is 0.834. The lowest BCUT2D eigenvalue weighted by Gasteiger charge is -2.25. The smallest absolute Gasteiger partial charge is 0.151 e. The maximum Gasteiger partial charge on any atom is 0.151 e. The van der Waals surface area contributed by atoms with Crippen LogP contribution in [0.4, 0.5) is 0 Å². The van der Waals surface area contributed by atoms with E-state index in [9.17, 15) is 13.7 Å². The Bertz CT molecular complexity index is 864. The van der Waals surface area contributed by atoms with E-state index in [2.05, 4.69) is 11.0 Å². The fraction of sp³-hybridized carbons (Fsp3) is 0.389. The molecule has 1 atom stereocenters. The molecule has 1 aromatic heterocycles. The van der Waals surface area contributed by atoms with Crippen molar-refractivity contribution >= 4 is 9.84 Å². The highest BCUT2D eigenvalue weighted by atomic mass is 32.2. The molecule has 0 N–H and O–H groups in total. The first kappa shape index (κ1) is 16.7. The number of sulfone groups is 1. The molecular formula is C18H20N2O3S. The molecule has 1 unspecified atom stereocenters. The van der Waals surface area contributed by atoms with E-state index in [4.69, 9.17) is 4.42 Å². The lowest BCUT2D eigenvalue weighted by Crippen LogP contribution is -2.35. The van der Waals surface area contributed by atoms with Crippen LogP contribution in [0.5, 0.6) is 0 Å². The Morgan fingerprint density at radius 3 is 2.75 bits per heavy atom. The van der Waals surface area contributed by atoms with Crippen LogP contribution in [-0.2, 0) is 16.4 Å². The Morgan fingerprint density at radius 1 is 1.29 bits per heavy atom. The maximum absolute atomic E-state index is 11.7. The zero-order valence-electron chi connectivity index (χ0n) is 13.6. The molecular weight excluding hydrogens is 324 g/mol. The molecule has 0 bridgehead atoms. The molecule has 0 aliphatic carbocycles. The SMILES string of the molecule is CCN(Cc1ccc(-c2ccccc2C#N)o1)C1CCS(=O)(=O)C1. The van der Waals surface area contributed by atoms with Crippen molar-refractivity contribution in [2.24, 2.45) is 0 Å². The van der Waals surface area contributed by atoms with E-state index in [0.717, 1.165) is 17.9 Å². The third kappa shape index (κ3) is 3.53. The molecule has 126 valence electrons. The van der Waals surface area contributed by atoms with Gasteiger partial charge in [-0.2, -0.15) is 5.26 Å². The molecule has 1 aliphatic heterocycles. The van der Waals surface area contributed by atoms with Gasteiger partial charge >= 0.3 is 0 Å². The highest BCUT2D eigenvalue weighted by molar-refractivity contribution is 7.91. The second-order valence-corrected chi connectivity index (χ2v) is 8.27. The van der Waals surface area contributed by atoms with E-state index >= 15 is 0 Å². The minimum atomic E-state index is -2.90. The molecule has 1 aliphatic rings. The van der Waals surface area contributed by atoms with Crippen LogP contribution in [0, 0.1) is 11.3 Å². The first-order chi connectivity index (χ1) is 11.5. The Morgan fingerprint density at radius 2 is 2.08 bits per heavy atom. The Labute approximate surface area is 142 Å². The Hall–Kier alpha value is -2.10. The normalized spacial score (nSPS) is 19.5. The molecule has 5 nitrogen and oxygen atoms in total. The second-order valence-electron chi connectivity index (χ2n) is 6.04. The van der Waals surface area contributed by atoms with Crippen molar-refractivity contribution < 1.29 is 12.8 Å². The van der Waals surface area contributed by atoms with Crippen LogP contribution in [0.1, 0.15) is 24.7 Å². The number of rotatable bonds is 5. The first-order valence-corrected chi connectivity index (χ1v) is 9.87. The highest BCUT2D eigenvalue weighted by Crippen LogP contribution is 2.27. The van der Waals surface area contributed by atoms with Gasteiger partial charge in [-0.05, 0) is 37.2 Å². The van der Waals surface area contributed by atoms with Crippen LogP contribution >= 0.6 is 0 Å². The lowest BCUT2D eigenvalue weighted by atomic mass is 10.1. The van der Waals surface area contributed by atoms with Crippen molar-refractivity contribution in [3.8, 4) is 17.4 Å². The van der Waals surface area contributed by atoms with Crippen molar-refractivity contribution in [3.63, 3.8) is 0 Å². The standard InChI is InChI=1S/C18H20N2O3S/c1-2-20(15-9-10-24(21,22)13-15)12-16-7-8-18(23-16)17-6-4-3-5-14(17)11-19/h3-8,15H,2,9-10,12-13H2,1H3. The molecule has 24 heavy (non-hydrogen) atoms. The third-order valence-corrected chi connectivity index (χ3v) is 6.21. The summed E-state index contributed by atoms with van der Waals surface area (Å²) >= 11 is 0. The summed E-state index contributed by atoms with van der Waals surface area (Å²) < 4.78 is 29.3. The largest absolute Gasteiger partial charge is 0.460 e. The minimum Gasteiger partial charge on any atom is -0.460 e. The topological polar surface area (TPSA) is 74.3 Å². The van der Waals surface area contributed by atoms with Gasteiger partial charge in [-0.25, -0.2) is 8.42 Å². The van der Waals surface area contributed by atoms with Crippen molar-refractivity contribution in [1.29, 1.82) is 5.26 Å². The van der Waals surface area contributed by atoms with Crippen LogP contribution in [0.25, 0.3) is 11.3 Å². The monoisotopic (exact) mass is 344 g/mol. The number of nitrogens with zero attached hydrogens (tertiary/aromatic N) is 2. The molecule has 0 amide bonds. The molecule has 2 heterocycles. The zero-order valence-corrected chi connectivity index (χ0v) is 14.4. The van der Waals surface area contributed by atoms with E-state index < -0.39 is 9.84 Å². The molecule has 1 fully saturated rings. The van der Waals surface area contributed by atoms with Crippen LogP contribution in [-0.4, -0.2) is 37.4 Å². The number of nitriles is 1. The van der Waals surface area contributed by atoms with Crippen molar-refractivity contribution in [3.05, 3.63) is 47.7 Å². The van der Waals surface area contributed by atoms with Gasteiger partial charge in [0.1, 0.15) is 11.5 Å². The molecule has 0 saturated carbocycles. The summed E-state index contributed by atoms with van der Waals surface area (Å²) in [5.41, 5.74) is 1.35. The molecule has 3 rings (SSSR count). The fourth-order valence-electron chi connectivity index (χ4n) is 3.17. The van der Waals surface area contributed by atoms with Crippen LogP contribution in [0.3, 0.4) is 0 Å². The lowest BCUT2D eigenvalue weighted by molar-refractivity contribution is 0.199. The predicted octanol–water partition coefficient (Wildman–Crippen LogP) is 2.83. The summed E-state index contributed by atoms with van der Waals surface area (Å²) in [6.07, 6.45) is 0.682. The Kier molecular flexibility index (Phi) is 4.74. The number of benzene rings is 1. The zero-order chi connectivity index (χ0) is 17.2. The van der Waals surface area contributed by atoms with E-state index in [0.29, 0.717) is 24.3 Å². The van der Waals surface area contributed by atoms with E-state index in [1.165, 1.54) is 0 Å². The van der Waals surface area contributed by atoms with Crippen molar-refractivity contribution in [2.75, 3.05) is 18.1 Å². The molecule has 6 heteroatoms. The average Bonchev–Trinajstić information content (AvgIpc) is 3.18. The minimum absolute atomic E-state index is 0.0555. The van der Waals surface area contributed by atoms with Gasteiger partial charge in [0.2, 0.25) is 0 Å². The molecule has 1 saturated heterocycles. The van der Waals surface area contributed by atoms with Crippen LogP contribution < -0.4 is 0 Å². The molecule has 2 aromatic rings. The van der Waals surface area contributed by atoms with Gasteiger partial charge in [-0.15, -0.1) is 0 Å². The van der Waals surface area contributed by atoms with E-state index in [1.54, 1.807) is 6.07 Å². The second kappa shape index (κ2) is 6.80. The fourth-order valence-corrected chi connectivity index (χ4v) is 4.93. The summed E-state index contributed by atoms with van der Waals surface area (Å²) in [5, 5.41) is 9.21. The summed E-state index contributed by atoms with van der Waals surface area (Å²) in [5.74, 6) is 1.94. The predicted molar refractivity (Wildman–Crippen MR) is 92.0 cm³/mol. The van der Waals surface area contributed by atoms with Gasteiger partial charge in [0.05, 0.1) is 29.7 Å². The van der Waals surface area contributed by atoms with Gasteiger partial charge in [0.15, 0.2) is 9.84 Å². The molecule has 0 spiro atoms. The van der Waals surface area contributed by atoms with Gasteiger partial charge in [-0.3, -0.25) is 4.90 Å². The maximum atomic E-state index is 11.7. The average molecular weight is 344 g/mol. The van der Waals surface area contributed by atoms with E-state index in [1.807, 2.05) is 37.3 Å². The molecule has 0 radical (unpaired) electrons. The summed E-state index contributed by atoms with van der Waals surface area (Å²) in [6, 6.07) is 13.3. The van der Waals surface area contributed by atoms with Gasteiger partial charge in [-0.1, -0.05) is 19.1 Å². The summed E-state index contributed by atoms with van der Waals surface area (Å²) in [7, 11) is -2.90.